The maximum Gasteiger partial charge on any atom is 0.193 e. The average molecular weight is 345 g/mol. The Hall–Kier alpha value is -1.59. The standard InChI is InChI=1S/C20H32N4O/c1-21-20(24-12-10-18(15-24)16-25-2)22-13-19-9-6-11-23(19)14-17-7-4-3-5-8-17/h3-5,7-8,18-19H,6,9-16H2,1-2H3,(H,21,22). The molecule has 1 aromatic rings. The van der Waals surface area contributed by atoms with Crippen LogP contribution in [0.3, 0.4) is 0 Å². The number of ether oxygens (including phenoxy) is 1. The second kappa shape index (κ2) is 9.20. The minimum Gasteiger partial charge on any atom is -0.384 e. The van der Waals surface area contributed by atoms with E-state index in [1.54, 1.807) is 7.11 Å². The molecule has 2 fully saturated rings. The van der Waals surface area contributed by atoms with Crippen molar-refractivity contribution in [3.63, 3.8) is 0 Å². The summed E-state index contributed by atoms with van der Waals surface area (Å²) in [6, 6.07) is 11.4. The fourth-order valence-electron chi connectivity index (χ4n) is 4.09. The van der Waals surface area contributed by atoms with Gasteiger partial charge in [0, 0.05) is 52.3 Å². The Morgan fingerprint density at radius 2 is 2.08 bits per heavy atom. The molecule has 1 aromatic carbocycles. The largest absolute Gasteiger partial charge is 0.384 e. The first kappa shape index (κ1) is 18.2. The minimum absolute atomic E-state index is 0.592. The predicted molar refractivity (Wildman–Crippen MR) is 103 cm³/mol. The van der Waals surface area contributed by atoms with Crippen molar-refractivity contribution >= 4 is 5.96 Å². The second-order valence-electron chi connectivity index (χ2n) is 7.24. The summed E-state index contributed by atoms with van der Waals surface area (Å²) >= 11 is 0. The second-order valence-corrected chi connectivity index (χ2v) is 7.24. The highest BCUT2D eigenvalue weighted by Crippen LogP contribution is 2.20. The van der Waals surface area contributed by atoms with Crippen LogP contribution >= 0.6 is 0 Å². The van der Waals surface area contributed by atoms with Gasteiger partial charge in [0.1, 0.15) is 0 Å². The van der Waals surface area contributed by atoms with Crippen molar-refractivity contribution in [3.05, 3.63) is 35.9 Å². The molecule has 0 aromatic heterocycles. The van der Waals surface area contributed by atoms with Gasteiger partial charge in [-0.1, -0.05) is 30.3 Å². The fourth-order valence-corrected chi connectivity index (χ4v) is 4.09. The number of hydrogen-bond acceptors (Lipinski definition) is 3. The topological polar surface area (TPSA) is 40.1 Å². The van der Waals surface area contributed by atoms with Crippen molar-refractivity contribution in [1.29, 1.82) is 0 Å². The summed E-state index contributed by atoms with van der Waals surface area (Å²) in [7, 11) is 3.68. The Morgan fingerprint density at radius 3 is 2.84 bits per heavy atom. The SMILES string of the molecule is CN=C(NCC1CCCN1Cc1ccccc1)N1CCC(COC)C1. The minimum atomic E-state index is 0.592. The first-order chi connectivity index (χ1) is 12.3. The Kier molecular flexibility index (Phi) is 6.70. The van der Waals surface area contributed by atoms with Crippen molar-refractivity contribution in [1.82, 2.24) is 15.1 Å². The van der Waals surface area contributed by atoms with E-state index in [1.165, 1.54) is 31.4 Å². The molecule has 3 rings (SSSR count). The summed E-state index contributed by atoms with van der Waals surface area (Å²) in [5, 5.41) is 3.63. The Labute approximate surface area is 152 Å². The molecule has 0 aliphatic carbocycles. The third kappa shape index (κ3) is 4.95. The molecule has 5 nitrogen and oxygen atoms in total. The fraction of sp³-hybridized carbons (Fsp3) is 0.650. The first-order valence-electron chi connectivity index (χ1n) is 9.52. The molecule has 138 valence electrons. The number of nitrogens with zero attached hydrogens (tertiary/aromatic N) is 3. The number of hydrogen-bond donors (Lipinski definition) is 1. The highest BCUT2D eigenvalue weighted by molar-refractivity contribution is 5.80. The van der Waals surface area contributed by atoms with Gasteiger partial charge in [-0.05, 0) is 31.4 Å². The highest BCUT2D eigenvalue weighted by atomic mass is 16.5. The maximum absolute atomic E-state index is 5.31. The van der Waals surface area contributed by atoms with Crippen LogP contribution in [0.5, 0.6) is 0 Å². The van der Waals surface area contributed by atoms with E-state index in [4.69, 9.17) is 4.74 Å². The molecule has 0 amide bonds. The molecule has 2 heterocycles. The first-order valence-corrected chi connectivity index (χ1v) is 9.52. The van der Waals surface area contributed by atoms with E-state index >= 15 is 0 Å². The number of benzene rings is 1. The molecule has 2 aliphatic heterocycles. The predicted octanol–water partition coefficient (Wildman–Crippen LogP) is 2.19. The highest BCUT2D eigenvalue weighted by Gasteiger charge is 2.27. The van der Waals surface area contributed by atoms with Crippen molar-refractivity contribution < 1.29 is 4.74 Å². The number of nitrogens with one attached hydrogen (secondary N) is 1. The molecule has 0 bridgehead atoms. The summed E-state index contributed by atoms with van der Waals surface area (Å²) in [6.45, 7) is 6.19. The van der Waals surface area contributed by atoms with Crippen LogP contribution in [-0.4, -0.2) is 68.7 Å². The number of guanidine groups is 1. The number of likely N-dealkylation sites (tertiary alicyclic amines) is 2. The lowest BCUT2D eigenvalue weighted by Gasteiger charge is -2.28. The van der Waals surface area contributed by atoms with Gasteiger partial charge < -0.3 is 15.0 Å². The van der Waals surface area contributed by atoms with Gasteiger partial charge in [0.15, 0.2) is 5.96 Å². The van der Waals surface area contributed by atoms with Gasteiger partial charge in [0.25, 0.3) is 0 Å². The molecule has 2 atom stereocenters. The summed E-state index contributed by atoms with van der Waals surface area (Å²) in [5.41, 5.74) is 1.40. The van der Waals surface area contributed by atoms with E-state index < -0.39 is 0 Å². The van der Waals surface area contributed by atoms with Crippen molar-refractivity contribution in [2.45, 2.75) is 31.8 Å². The molecule has 2 saturated heterocycles. The molecule has 2 unspecified atom stereocenters. The molecule has 1 N–H and O–H groups in total. The quantitative estimate of drug-likeness (QED) is 0.634. The molecular formula is C20H32N4O. The van der Waals surface area contributed by atoms with Crippen LogP contribution in [0.25, 0.3) is 0 Å². The van der Waals surface area contributed by atoms with Crippen LogP contribution in [0.1, 0.15) is 24.8 Å². The third-order valence-electron chi connectivity index (χ3n) is 5.42. The van der Waals surface area contributed by atoms with E-state index in [2.05, 4.69) is 50.4 Å². The molecule has 25 heavy (non-hydrogen) atoms. The van der Waals surface area contributed by atoms with Gasteiger partial charge in [-0.15, -0.1) is 0 Å². The van der Waals surface area contributed by atoms with Crippen molar-refractivity contribution in [3.8, 4) is 0 Å². The summed E-state index contributed by atoms with van der Waals surface area (Å²) in [6.07, 6.45) is 3.75. The molecule has 5 heteroatoms. The number of methoxy groups -OCH3 is 1. The van der Waals surface area contributed by atoms with E-state index in [1.807, 2.05) is 7.05 Å². The molecule has 0 spiro atoms. The zero-order chi connectivity index (χ0) is 17.5. The summed E-state index contributed by atoms with van der Waals surface area (Å²) in [5.74, 6) is 1.68. The molecule has 2 aliphatic rings. The van der Waals surface area contributed by atoms with Crippen molar-refractivity contribution in [2.24, 2.45) is 10.9 Å². The lowest BCUT2D eigenvalue weighted by molar-refractivity contribution is 0.157. The Morgan fingerprint density at radius 1 is 1.24 bits per heavy atom. The van der Waals surface area contributed by atoms with Crippen LogP contribution in [0, 0.1) is 5.92 Å². The Bertz CT molecular complexity index is 548. The van der Waals surface area contributed by atoms with Crippen LogP contribution in [-0.2, 0) is 11.3 Å². The lowest BCUT2D eigenvalue weighted by atomic mass is 10.1. The van der Waals surface area contributed by atoms with Crippen LogP contribution in [0.15, 0.2) is 35.3 Å². The summed E-state index contributed by atoms with van der Waals surface area (Å²) in [4.78, 5) is 9.49. The number of rotatable bonds is 6. The van der Waals surface area contributed by atoms with E-state index in [9.17, 15) is 0 Å². The third-order valence-corrected chi connectivity index (χ3v) is 5.42. The smallest absolute Gasteiger partial charge is 0.193 e. The normalized spacial score (nSPS) is 24.9. The van der Waals surface area contributed by atoms with E-state index in [-0.39, 0.29) is 0 Å². The zero-order valence-corrected chi connectivity index (χ0v) is 15.7. The van der Waals surface area contributed by atoms with Crippen LogP contribution in [0.4, 0.5) is 0 Å². The monoisotopic (exact) mass is 344 g/mol. The maximum atomic E-state index is 5.31. The molecule has 0 saturated carbocycles. The van der Waals surface area contributed by atoms with Gasteiger partial charge in [-0.2, -0.15) is 0 Å². The number of aliphatic imine (C=N–C) groups is 1. The lowest BCUT2D eigenvalue weighted by Crippen LogP contribution is -2.46. The van der Waals surface area contributed by atoms with Gasteiger partial charge in [-0.25, -0.2) is 0 Å². The van der Waals surface area contributed by atoms with Crippen LogP contribution < -0.4 is 5.32 Å². The van der Waals surface area contributed by atoms with Gasteiger partial charge in [0.05, 0.1) is 6.61 Å². The molecular weight excluding hydrogens is 312 g/mol. The molecule has 0 radical (unpaired) electrons. The Balaban J connectivity index is 1.49. The van der Waals surface area contributed by atoms with Crippen LogP contribution in [0.2, 0.25) is 0 Å². The zero-order valence-electron chi connectivity index (χ0n) is 15.7. The summed E-state index contributed by atoms with van der Waals surface area (Å²) < 4.78 is 5.31. The van der Waals surface area contributed by atoms with Crippen molar-refractivity contribution in [2.75, 3.05) is 46.9 Å². The average Bonchev–Trinajstić information content (AvgIpc) is 3.27. The van der Waals surface area contributed by atoms with E-state index in [0.717, 1.165) is 38.7 Å². The van der Waals surface area contributed by atoms with Gasteiger partial charge in [0.2, 0.25) is 0 Å². The van der Waals surface area contributed by atoms with Gasteiger partial charge in [-0.3, -0.25) is 9.89 Å². The van der Waals surface area contributed by atoms with E-state index in [0.29, 0.717) is 12.0 Å². The van der Waals surface area contributed by atoms with Gasteiger partial charge >= 0.3 is 0 Å².